The lowest BCUT2D eigenvalue weighted by atomic mass is 9.57. The van der Waals surface area contributed by atoms with Crippen LogP contribution >= 0.6 is 0 Å². The van der Waals surface area contributed by atoms with Crippen molar-refractivity contribution in [3.8, 4) is 0 Å². The molecule has 0 N–H and O–H groups in total. The molecule has 14 heteroatoms. The third-order valence-electron chi connectivity index (χ3n) is 7.38. The van der Waals surface area contributed by atoms with E-state index in [-0.39, 0.29) is 13.8 Å². The summed E-state index contributed by atoms with van der Waals surface area (Å²) in [4.78, 5) is 26.1. The number of esters is 2. The highest BCUT2D eigenvalue weighted by Crippen LogP contribution is 2.63. The van der Waals surface area contributed by atoms with Gasteiger partial charge in [0.05, 0.1) is 16.5 Å². The van der Waals surface area contributed by atoms with Crippen LogP contribution in [0.15, 0.2) is 107 Å². The Bertz CT molecular complexity index is 1480. The molecule has 0 heterocycles. The Morgan fingerprint density at radius 2 is 0.884 bits per heavy atom. The first-order valence-corrected chi connectivity index (χ1v) is 12.1. The van der Waals surface area contributed by atoms with Gasteiger partial charge in [0.2, 0.25) is 23.5 Å². The van der Waals surface area contributed by atoms with E-state index in [0.29, 0.717) is 0 Å². The summed E-state index contributed by atoms with van der Waals surface area (Å²) in [5.41, 5.74) is -13.7. The van der Waals surface area contributed by atoms with Crippen LogP contribution < -0.4 is 0 Å². The molecule has 4 rings (SSSR count). The van der Waals surface area contributed by atoms with Crippen molar-refractivity contribution in [2.75, 3.05) is 0 Å². The Kier molecular flexibility index (Phi) is 8.11. The molecular weight excluding hydrogens is 602 g/mol. The van der Waals surface area contributed by atoms with Crippen LogP contribution in [0.1, 0.15) is 34.6 Å². The van der Waals surface area contributed by atoms with Crippen LogP contribution in [0.5, 0.6) is 0 Å². The SMILES string of the molecule is CC(C)(C1(OC(=O)c2ccccc2)C(F)=C(F)C(F)=C(F)C1F)C1(OC(=O)c2ccccc2)C(F)=C(F)C(F)=C(F)C1F. The zero-order chi connectivity index (χ0) is 32.1. The first-order valence-electron chi connectivity index (χ1n) is 12.1. The number of benzene rings is 2. The Morgan fingerprint density at radius 3 is 1.19 bits per heavy atom. The highest BCUT2D eigenvalue weighted by Gasteiger charge is 2.77. The summed E-state index contributed by atoms with van der Waals surface area (Å²) in [7, 11) is 0. The number of hydrogen-bond donors (Lipinski definition) is 0. The summed E-state index contributed by atoms with van der Waals surface area (Å²) in [6, 6.07) is 11.3. The molecule has 4 unspecified atom stereocenters. The number of rotatable bonds is 6. The van der Waals surface area contributed by atoms with Crippen molar-refractivity contribution in [1.29, 1.82) is 0 Å². The zero-order valence-electron chi connectivity index (χ0n) is 21.8. The molecule has 4 atom stereocenters. The number of carbonyl (C=O) groups is 2. The topological polar surface area (TPSA) is 52.6 Å². The Balaban J connectivity index is 2.09. The van der Waals surface area contributed by atoms with Crippen molar-refractivity contribution >= 4 is 11.9 Å². The molecule has 0 saturated carbocycles. The van der Waals surface area contributed by atoms with E-state index in [1.54, 1.807) is 0 Å². The average Bonchev–Trinajstić information content (AvgIpc) is 3.01. The molecule has 0 radical (unpaired) electrons. The second-order valence-corrected chi connectivity index (χ2v) is 9.91. The van der Waals surface area contributed by atoms with Crippen LogP contribution in [0.25, 0.3) is 0 Å². The highest BCUT2D eigenvalue weighted by atomic mass is 19.2. The number of carbonyl (C=O) groups excluding carboxylic acids is 2. The number of halogens is 10. The first kappa shape index (κ1) is 31.6. The fourth-order valence-corrected chi connectivity index (χ4v) is 5.00. The maximum Gasteiger partial charge on any atom is 0.339 e. The molecule has 0 amide bonds. The van der Waals surface area contributed by atoms with E-state index in [0.717, 1.165) is 24.3 Å². The summed E-state index contributed by atoms with van der Waals surface area (Å²) >= 11 is 0. The molecule has 43 heavy (non-hydrogen) atoms. The third kappa shape index (κ3) is 4.45. The van der Waals surface area contributed by atoms with Crippen molar-refractivity contribution in [2.45, 2.75) is 37.4 Å². The van der Waals surface area contributed by atoms with Crippen molar-refractivity contribution in [3.05, 3.63) is 118 Å². The van der Waals surface area contributed by atoms with Gasteiger partial charge in [0.15, 0.2) is 46.6 Å². The summed E-state index contributed by atoms with van der Waals surface area (Å²) in [5.74, 6) is -26.2. The molecule has 2 aliphatic carbocycles. The number of alkyl halides is 2. The van der Waals surface area contributed by atoms with E-state index in [1.807, 2.05) is 0 Å². The van der Waals surface area contributed by atoms with Crippen molar-refractivity contribution in [1.82, 2.24) is 0 Å². The summed E-state index contributed by atoms with van der Waals surface area (Å²) in [5, 5.41) is 0. The Morgan fingerprint density at radius 1 is 0.581 bits per heavy atom. The maximum absolute atomic E-state index is 16.0. The molecule has 2 aromatic rings. The van der Waals surface area contributed by atoms with Gasteiger partial charge in [-0.3, -0.25) is 0 Å². The maximum atomic E-state index is 16.0. The van der Waals surface area contributed by atoms with E-state index in [2.05, 4.69) is 0 Å². The molecule has 0 saturated heterocycles. The van der Waals surface area contributed by atoms with Gasteiger partial charge in [-0.25, -0.2) is 53.5 Å². The van der Waals surface area contributed by atoms with Gasteiger partial charge in [-0.2, -0.15) is 0 Å². The van der Waals surface area contributed by atoms with E-state index in [9.17, 15) is 35.9 Å². The predicted octanol–water partition coefficient (Wildman–Crippen LogP) is 8.51. The Labute approximate surface area is 236 Å². The first-order chi connectivity index (χ1) is 20.1. The molecule has 0 bridgehead atoms. The van der Waals surface area contributed by atoms with E-state index >= 15 is 17.6 Å². The van der Waals surface area contributed by atoms with Crippen LogP contribution in [0.2, 0.25) is 0 Å². The molecule has 4 nitrogen and oxygen atoms in total. The number of hydrogen-bond acceptors (Lipinski definition) is 4. The molecule has 0 aliphatic heterocycles. The van der Waals surface area contributed by atoms with Crippen molar-refractivity contribution in [2.24, 2.45) is 5.41 Å². The van der Waals surface area contributed by atoms with E-state index in [4.69, 9.17) is 9.47 Å². The van der Waals surface area contributed by atoms with Crippen LogP contribution in [0, 0.1) is 5.41 Å². The standard InChI is InChI=1S/C29H18F10O4/c1-27(2,28(42-25(40)13-9-5-3-6-10-13)21(36)17(32)15(30)18(33)22(28)37)29(43-26(41)14-11-7-4-8-12-14)23(38)19(34)16(31)20(35)24(29)39/h3-12,21,23H,1-2H3. The van der Waals surface area contributed by atoms with Gasteiger partial charge < -0.3 is 9.47 Å². The van der Waals surface area contributed by atoms with Crippen molar-refractivity contribution in [3.63, 3.8) is 0 Å². The Hall–Kier alpha value is -4.36. The van der Waals surface area contributed by atoms with Crippen LogP contribution in [0.3, 0.4) is 0 Å². The fraction of sp³-hybridized carbons (Fsp3) is 0.241. The van der Waals surface area contributed by atoms with Crippen molar-refractivity contribution < 1.29 is 63.0 Å². The monoisotopic (exact) mass is 620 g/mol. The zero-order valence-corrected chi connectivity index (χ0v) is 21.8. The van der Waals surface area contributed by atoms with Gasteiger partial charge in [-0.05, 0) is 24.3 Å². The summed E-state index contributed by atoms with van der Waals surface area (Å²) in [6.07, 6.45) is -8.05. The molecule has 0 aromatic heterocycles. The predicted molar refractivity (Wildman–Crippen MR) is 130 cm³/mol. The molecular formula is C29H18F10O4. The van der Waals surface area contributed by atoms with Gasteiger partial charge in [-0.1, -0.05) is 50.2 Å². The molecule has 228 valence electrons. The highest BCUT2D eigenvalue weighted by molar-refractivity contribution is 5.91. The smallest absolute Gasteiger partial charge is 0.339 e. The van der Waals surface area contributed by atoms with Crippen LogP contribution in [0.4, 0.5) is 43.9 Å². The third-order valence-corrected chi connectivity index (χ3v) is 7.38. The van der Waals surface area contributed by atoms with Gasteiger partial charge in [0, 0.05) is 0 Å². The van der Waals surface area contributed by atoms with Crippen LogP contribution in [-0.2, 0) is 9.47 Å². The number of ether oxygens (including phenoxy) is 2. The molecule has 2 aromatic carbocycles. The van der Waals surface area contributed by atoms with Crippen LogP contribution in [-0.4, -0.2) is 35.5 Å². The van der Waals surface area contributed by atoms with Gasteiger partial charge in [0.25, 0.3) is 0 Å². The molecule has 2 aliphatic rings. The summed E-state index contributed by atoms with van der Waals surface area (Å²) < 4.78 is 161. The van der Waals surface area contributed by atoms with E-state index < -0.39 is 98.6 Å². The minimum Gasteiger partial charge on any atom is -0.444 e. The lowest BCUT2D eigenvalue weighted by Gasteiger charge is -2.55. The molecule has 0 spiro atoms. The minimum atomic E-state index is -4.41. The largest absolute Gasteiger partial charge is 0.444 e. The lowest BCUT2D eigenvalue weighted by Crippen LogP contribution is -2.71. The van der Waals surface area contributed by atoms with Gasteiger partial charge in [-0.15, -0.1) is 0 Å². The molecule has 0 fully saturated rings. The number of allylic oxidation sites excluding steroid dienone is 4. The average molecular weight is 620 g/mol. The summed E-state index contributed by atoms with van der Waals surface area (Å²) in [6.45, 7) is 0.519. The lowest BCUT2D eigenvalue weighted by molar-refractivity contribution is -0.208. The van der Waals surface area contributed by atoms with Gasteiger partial charge in [0.1, 0.15) is 0 Å². The second kappa shape index (κ2) is 11.0. The minimum absolute atomic E-state index is 0.259. The quantitative estimate of drug-likeness (QED) is 0.240. The van der Waals surface area contributed by atoms with Gasteiger partial charge >= 0.3 is 11.9 Å². The fourth-order valence-electron chi connectivity index (χ4n) is 5.00. The normalized spacial score (nSPS) is 26.6. The van der Waals surface area contributed by atoms with E-state index in [1.165, 1.54) is 36.4 Å². The second-order valence-electron chi connectivity index (χ2n) is 9.91.